The number of carbonyl (C=O) groups is 2. The average molecular weight is 558 g/mol. The standard InChI is InChI=1S/C18H22N2O2S.2C2HF3O2/c1-13-4-7-23-18(13)10-20-8-16-14(12-22-17(16)9-20)11-21-15-2-5-19-6-3-15;2*3-2(4,5)1(6)7/h2-7,14,16-17H,8-12H2,1H3;2*(H,6,7)/t14-,16-,17-;;/m1../s1. The van der Waals surface area contributed by atoms with Gasteiger partial charge in [-0.1, -0.05) is 0 Å². The van der Waals surface area contributed by atoms with Crippen LogP contribution < -0.4 is 4.74 Å². The number of fused-ring (bicyclic) bond motifs is 1. The number of nitrogens with zero attached hydrogens (tertiary/aromatic N) is 2. The fraction of sp³-hybridized carbons (Fsp3) is 0.500. The van der Waals surface area contributed by atoms with Crippen LogP contribution in [0.25, 0.3) is 0 Å². The Bertz CT molecular complexity index is 993. The molecule has 2 aliphatic rings. The van der Waals surface area contributed by atoms with Crippen molar-refractivity contribution in [3.8, 4) is 5.75 Å². The van der Waals surface area contributed by atoms with Gasteiger partial charge >= 0.3 is 24.3 Å². The lowest BCUT2D eigenvalue weighted by Gasteiger charge is -2.19. The number of carboxylic acid groups (broad SMARTS) is 2. The molecule has 4 heterocycles. The number of halogens is 6. The molecular weight excluding hydrogens is 534 g/mol. The van der Waals surface area contributed by atoms with E-state index in [1.54, 1.807) is 12.4 Å². The van der Waals surface area contributed by atoms with Crippen molar-refractivity contribution in [2.75, 3.05) is 26.3 Å². The highest BCUT2D eigenvalue weighted by molar-refractivity contribution is 7.10. The Balaban J connectivity index is 0.000000286. The number of ether oxygens (including phenoxy) is 2. The zero-order valence-electron chi connectivity index (χ0n) is 19.3. The van der Waals surface area contributed by atoms with Gasteiger partial charge in [0, 0.05) is 48.7 Å². The summed E-state index contributed by atoms with van der Waals surface area (Å²) in [7, 11) is 0. The molecule has 0 radical (unpaired) electrons. The maximum absolute atomic E-state index is 10.6. The van der Waals surface area contributed by atoms with E-state index in [2.05, 4.69) is 28.3 Å². The summed E-state index contributed by atoms with van der Waals surface area (Å²) < 4.78 is 75.4. The molecule has 15 heteroatoms. The Labute approximate surface area is 211 Å². The van der Waals surface area contributed by atoms with E-state index < -0.39 is 24.3 Å². The highest BCUT2D eigenvalue weighted by atomic mass is 32.1. The summed E-state index contributed by atoms with van der Waals surface area (Å²) in [5.41, 5.74) is 1.41. The first kappa shape index (κ1) is 30.3. The van der Waals surface area contributed by atoms with Gasteiger partial charge in [0.15, 0.2) is 0 Å². The van der Waals surface area contributed by atoms with Crippen LogP contribution in [0.15, 0.2) is 36.0 Å². The van der Waals surface area contributed by atoms with Crippen LogP contribution in [0.4, 0.5) is 26.3 Å². The minimum absolute atomic E-state index is 0.376. The molecule has 0 aliphatic carbocycles. The molecule has 0 bridgehead atoms. The second kappa shape index (κ2) is 13.1. The third kappa shape index (κ3) is 9.81. The van der Waals surface area contributed by atoms with Gasteiger partial charge in [0.05, 0.1) is 19.3 Å². The highest BCUT2D eigenvalue weighted by Crippen LogP contribution is 2.35. The number of aryl methyl sites for hydroxylation is 1. The van der Waals surface area contributed by atoms with Gasteiger partial charge < -0.3 is 19.7 Å². The molecule has 2 N–H and O–H groups in total. The smallest absolute Gasteiger partial charge is 0.490 e. The maximum Gasteiger partial charge on any atom is 0.490 e. The predicted octanol–water partition coefficient (Wildman–Crippen LogP) is 4.24. The third-order valence-corrected chi connectivity index (χ3v) is 6.46. The van der Waals surface area contributed by atoms with E-state index in [-0.39, 0.29) is 0 Å². The Morgan fingerprint density at radius 2 is 1.65 bits per heavy atom. The number of carboxylic acids is 2. The molecule has 3 atom stereocenters. The lowest BCUT2D eigenvalue weighted by Crippen LogP contribution is -2.26. The van der Waals surface area contributed by atoms with E-state index in [0.29, 0.717) is 17.9 Å². The van der Waals surface area contributed by atoms with Crippen LogP contribution in [0, 0.1) is 18.8 Å². The first-order valence-corrected chi connectivity index (χ1v) is 11.6. The molecule has 2 fully saturated rings. The Morgan fingerprint density at radius 1 is 1.08 bits per heavy atom. The van der Waals surface area contributed by atoms with Crippen LogP contribution in [0.2, 0.25) is 0 Å². The van der Waals surface area contributed by atoms with E-state index in [9.17, 15) is 26.3 Å². The number of rotatable bonds is 5. The normalized spacial score (nSPS) is 21.2. The monoisotopic (exact) mass is 558 g/mol. The van der Waals surface area contributed by atoms with Crippen LogP contribution in [-0.2, 0) is 20.9 Å². The summed E-state index contributed by atoms with van der Waals surface area (Å²) in [6, 6.07) is 6.03. The number of alkyl halides is 6. The summed E-state index contributed by atoms with van der Waals surface area (Å²) >= 11 is 1.86. The van der Waals surface area contributed by atoms with E-state index in [1.165, 1.54) is 10.4 Å². The molecule has 2 aromatic heterocycles. The van der Waals surface area contributed by atoms with Gasteiger partial charge in [-0.15, -0.1) is 11.3 Å². The van der Waals surface area contributed by atoms with Gasteiger partial charge in [-0.3, -0.25) is 9.88 Å². The first-order valence-electron chi connectivity index (χ1n) is 10.7. The fourth-order valence-corrected chi connectivity index (χ4v) is 4.54. The van der Waals surface area contributed by atoms with Gasteiger partial charge in [-0.2, -0.15) is 26.3 Å². The maximum atomic E-state index is 10.6. The topological polar surface area (TPSA) is 109 Å². The van der Waals surface area contributed by atoms with Crippen molar-refractivity contribution >= 4 is 23.3 Å². The molecule has 0 amide bonds. The zero-order chi connectivity index (χ0) is 27.8. The number of hydrogen-bond donors (Lipinski definition) is 2. The number of aliphatic carboxylic acids is 2. The molecule has 2 aromatic rings. The number of hydrogen-bond acceptors (Lipinski definition) is 7. The number of likely N-dealkylation sites (tertiary alicyclic amines) is 1. The SMILES string of the molecule is Cc1ccsc1CN1C[C@@H]2[C@H](COc3ccncc3)CO[C@@H]2C1.O=C(O)C(F)(F)F.O=C(O)C(F)(F)F. The fourth-order valence-electron chi connectivity index (χ4n) is 3.59. The first-order chi connectivity index (χ1) is 17.2. The van der Waals surface area contributed by atoms with Crippen molar-refractivity contribution in [3.63, 3.8) is 0 Å². The molecule has 37 heavy (non-hydrogen) atoms. The Kier molecular flexibility index (Phi) is 10.7. The third-order valence-electron chi connectivity index (χ3n) is 5.45. The lowest BCUT2D eigenvalue weighted by atomic mass is 9.94. The van der Waals surface area contributed by atoms with Gasteiger partial charge in [-0.25, -0.2) is 9.59 Å². The van der Waals surface area contributed by atoms with Crippen molar-refractivity contribution in [2.24, 2.45) is 11.8 Å². The van der Waals surface area contributed by atoms with Crippen molar-refractivity contribution in [2.45, 2.75) is 31.9 Å². The van der Waals surface area contributed by atoms with Gasteiger partial charge in [0.1, 0.15) is 5.75 Å². The summed E-state index contributed by atoms with van der Waals surface area (Å²) in [6.07, 6.45) is -6.25. The summed E-state index contributed by atoms with van der Waals surface area (Å²) in [5, 5.41) is 16.4. The van der Waals surface area contributed by atoms with Crippen LogP contribution >= 0.6 is 11.3 Å². The number of thiophene rings is 1. The van der Waals surface area contributed by atoms with Crippen molar-refractivity contribution in [1.29, 1.82) is 0 Å². The lowest BCUT2D eigenvalue weighted by molar-refractivity contribution is -0.193. The quantitative estimate of drug-likeness (QED) is 0.525. The van der Waals surface area contributed by atoms with Crippen LogP contribution in [0.5, 0.6) is 5.75 Å². The zero-order valence-corrected chi connectivity index (χ0v) is 20.1. The van der Waals surface area contributed by atoms with Crippen LogP contribution in [0.3, 0.4) is 0 Å². The van der Waals surface area contributed by atoms with Crippen molar-refractivity contribution < 1.29 is 55.6 Å². The van der Waals surface area contributed by atoms with Gasteiger partial charge in [-0.05, 0) is 36.1 Å². The molecule has 4 rings (SSSR count). The van der Waals surface area contributed by atoms with Crippen molar-refractivity contribution in [1.82, 2.24) is 9.88 Å². The van der Waals surface area contributed by atoms with E-state index in [4.69, 9.17) is 29.3 Å². The molecular formula is C22H24F6N2O6S. The molecule has 0 aromatic carbocycles. The minimum Gasteiger partial charge on any atom is -0.493 e. The molecule has 206 valence electrons. The van der Waals surface area contributed by atoms with Crippen molar-refractivity contribution in [3.05, 3.63) is 46.4 Å². The second-order valence-corrected chi connectivity index (χ2v) is 9.12. The average Bonchev–Trinajstić information content (AvgIpc) is 3.49. The summed E-state index contributed by atoms with van der Waals surface area (Å²) in [6.45, 7) is 6.98. The molecule has 0 saturated carbocycles. The van der Waals surface area contributed by atoms with Crippen LogP contribution in [0.1, 0.15) is 10.4 Å². The summed E-state index contributed by atoms with van der Waals surface area (Å²) in [5.74, 6) is -3.53. The number of pyridine rings is 1. The van der Waals surface area contributed by atoms with E-state index >= 15 is 0 Å². The highest BCUT2D eigenvalue weighted by Gasteiger charge is 2.44. The molecule has 0 spiro atoms. The molecule has 2 saturated heterocycles. The van der Waals surface area contributed by atoms with Gasteiger partial charge in [0.25, 0.3) is 0 Å². The second-order valence-electron chi connectivity index (χ2n) is 8.12. The Morgan fingerprint density at radius 3 is 2.14 bits per heavy atom. The summed E-state index contributed by atoms with van der Waals surface area (Å²) in [4.78, 5) is 25.8. The molecule has 2 aliphatic heterocycles. The predicted molar refractivity (Wildman–Crippen MR) is 118 cm³/mol. The largest absolute Gasteiger partial charge is 0.493 e. The molecule has 8 nitrogen and oxygen atoms in total. The minimum atomic E-state index is -5.08. The Hall–Kier alpha value is -2.91. The van der Waals surface area contributed by atoms with Gasteiger partial charge in [0.2, 0.25) is 0 Å². The van der Waals surface area contributed by atoms with E-state index in [0.717, 1.165) is 38.6 Å². The number of aromatic nitrogens is 1. The molecule has 0 unspecified atom stereocenters. The van der Waals surface area contributed by atoms with E-state index in [1.807, 2.05) is 23.5 Å². The van der Waals surface area contributed by atoms with Crippen LogP contribution in [-0.4, -0.2) is 76.8 Å².